The van der Waals surface area contributed by atoms with Crippen molar-refractivity contribution in [3.63, 3.8) is 0 Å². The minimum absolute atomic E-state index is 0.243. The lowest BCUT2D eigenvalue weighted by Gasteiger charge is -2.25. The van der Waals surface area contributed by atoms with E-state index in [1.165, 1.54) is 0 Å². The molecule has 1 aromatic heterocycles. The smallest absolute Gasteiger partial charge is 0.280 e. The fourth-order valence-corrected chi connectivity index (χ4v) is 3.56. The third-order valence-corrected chi connectivity index (χ3v) is 4.45. The molecule has 1 spiro atoms. The second-order valence-corrected chi connectivity index (χ2v) is 5.78. The normalized spacial score (nSPS) is 21.0. The summed E-state index contributed by atoms with van der Waals surface area (Å²) in [5.41, 5.74) is 14.5. The number of rotatable bonds is 1. The maximum atomic E-state index is 12.1. The number of pyridine rings is 1. The Morgan fingerprint density at radius 1 is 1.26 bits per heavy atom. The Balaban J connectivity index is 1.90. The van der Waals surface area contributed by atoms with E-state index in [-0.39, 0.29) is 5.96 Å². The highest BCUT2D eigenvalue weighted by molar-refractivity contribution is 6.02. The largest absolute Gasteiger partial charge is 0.370 e. The first-order chi connectivity index (χ1) is 11.1. The summed E-state index contributed by atoms with van der Waals surface area (Å²) in [6.07, 6.45) is 3.62. The van der Waals surface area contributed by atoms with E-state index < -0.39 is 11.5 Å². The first-order valence-electron chi connectivity index (χ1n) is 7.50. The SMILES string of the molecule is NC(N)=NC(=O)c1ccc2c(c1)C1(CCCO1)c1cccnc1-2. The van der Waals surface area contributed by atoms with Crippen molar-refractivity contribution in [2.45, 2.75) is 18.4 Å². The van der Waals surface area contributed by atoms with Crippen molar-refractivity contribution in [2.75, 3.05) is 6.61 Å². The third-order valence-electron chi connectivity index (χ3n) is 4.45. The Morgan fingerprint density at radius 3 is 2.87 bits per heavy atom. The summed E-state index contributed by atoms with van der Waals surface area (Å²) in [4.78, 5) is 20.3. The van der Waals surface area contributed by atoms with Crippen LogP contribution in [0.15, 0.2) is 41.5 Å². The average molecular weight is 308 g/mol. The van der Waals surface area contributed by atoms with Crippen LogP contribution in [0.25, 0.3) is 11.3 Å². The molecule has 4 rings (SSSR count). The zero-order valence-electron chi connectivity index (χ0n) is 12.5. The molecule has 0 radical (unpaired) electrons. The monoisotopic (exact) mass is 308 g/mol. The molecule has 6 nitrogen and oxygen atoms in total. The number of fused-ring (bicyclic) bond motifs is 5. The van der Waals surface area contributed by atoms with Crippen molar-refractivity contribution < 1.29 is 9.53 Å². The van der Waals surface area contributed by atoms with E-state index in [9.17, 15) is 4.79 Å². The van der Waals surface area contributed by atoms with Crippen LogP contribution in [0.4, 0.5) is 0 Å². The Morgan fingerprint density at radius 2 is 2.13 bits per heavy atom. The van der Waals surface area contributed by atoms with Crippen LogP contribution in [0.1, 0.15) is 34.3 Å². The van der Waals surface area contributed by atoms with Crippen LogP contribution < -0.4 is 11.5 Å². The van der Waals surface area contributed by atoms with Gasteiger partial charge < -0.3 is 16.2 Å². The first kappa shape index (κ1) is 13.9. The summed E-state index contributed by atoms with van der Waals surface area (Å²) in [7, 11) is 0. The topological polar surface area (TPSA) is 104 Å². The van der Waals surface area contributed by atoms with E-state index in [0.29, 0.717) is 12.2 Å². The number of guanidine groups is 1. The summed E-state index contributed by atoms with van der Waals surface area (Å²) < 4.78 is 6.13. The van der Waals surface area contributed by atoms with Gasteiger partial charge in [-0.15, -0.1) is 0 Å². The second-order valence-electron chi connectivity index (χ2n) is 5.78. The van der Waals surface area contributed by atoms with Gasteiger partial charge in [0.2, 0.25) is 0 Å². The number of carbonyl (C=O) groups is 1. The number of nitrogens with two attached hydrogens (primary N) is 2. The van der Waals surface area contributed by atoms with Crippen molar-refractivity contribution in [3.05, 3.63) is 53.2 Å². The molecule has 116 valence electrons. The lowest BCUT2D eigenvalue weighted by Crippen LogP contribution is -2.25. The second kappa shape index (κ2) is 4.89. The fraction of sp³-hybridized carbons (Fsp3) is 0.235. The highest BCUT2D eigenvalue weighted by atomic mass is 16.5. The molecule has 4 N–H and O–H groups in total. The van der Waals surface area contributed by atoms with Crippen LogP contribution in [-0.2, 0) is 10.3 Å². The molecule has 2 aromatic rings. The van der Waals surface area contributed by atoms with Gasteiger partial charge in [-0.25, -0.2) is 0 Å². The van der Waals surface area contributed by atoms with Gasteiger partial charge in [0, 0.05) is 29.5 Å². The van der Waals surface area contributed by atoms with Crippen molar-refractivity contribution in [1.29, 1.82) is 0 Å². The number of hydrogen-bond donors (Lipinski definition) is 2. The van der Waals surface area contributed by atoms with Crippen molar-refractivity contribution in [3.8, 4) is 11.3 Å². The molecule has 1 saturated heterocycles. The molecular weight excluding hydrogens is 292 g/mol. The quantitative estimate of drug-likeness (QED) is 0.614. The van der Waals surface area contributed by atoms with Gasteiger partial charge in [-0.1, -0.05) is 12.1 Å². The lowest BCUT2D eigenvalue weighted by atomic mass is 9.88. The van der Waals surface area contributed by atoms with Crippen molar-refractivity contribution in [2.24, 2.45) is 16.5 Å². The number of hydrogen-bond acceptors (Lipinski definition) is 3. The molecule has 1 unspecified atom stereocenters. The Bertz CT molecular complexity index is 834. The van der Waals surface area contributed by atoms with E-state index in [4.69, 9.17) is 16.2 Å². The van der Waals surface area contributed by atoms with Gasteiger partial charge in [-0.2, -0.15) is 4.99 Å². The van der Waals surface area contributed by atoms with Crippen molar-refractivity contribution in [1.82, 2.24) is 4.98 Å². The number of ether oxygens (including phenoxy) is 1. The molecule has 0 bridgehead atoms. The molecule has 1 aliphatic carbocycles. The van der Waals surface area contributed by atoms with Gasteiger partial charge in [-0.05, 0) is 36.6 Å². The van der Waals surface area contributed by atoms with Crippen LogP contribution in [-0.4, -0.2) is 23.5 Å². The maximum absolute atomic E-state index is 12.1. The number of amides is 1. The Labute approximate surface area is 133 Å². The molecule has 1 atom stereocenters. The number of benzene rings is 1. The predicted octanol–water partition coefficient (Wildman–Crippen LogP) is 1.53. The van der Waals surface area contributed by atoms with Crippen LogP contribution >= 0.6 is 0 Å². The molecule has 2 heterocycles. The Kier molecular flexibility index (Phi) is 2.96. The van der Waals surface area contributed by atoms with Gasteiger partial charge in [-0.3, -0.25) is 9.78 Å². The zero-order valence-corrected chi connectivity index (χ0v) is 12.5. The molecule has 23 heavy (non-hydrogen) atoms. The molecule has 6 heteroatoms. The van der Waals surface area contributed by atoms with Crippen LogP contribution in [0.5, 0.6) is 0 Å². The number of nitrogens with zero attached hydrogens (tertiary/aromatic N) is 2. The fourth-order valence-electron chi connectivity index (χ4n) is 3.56. The molecule has 1 aromatic carbocycles. The predicted molar refractivity (Wildman–Crippen MR) is 85.8 cm³/mol. The summed E-state index contributed by atoms with van der Waals surface area (Å²) in [5.74, 6) is -0.697. The van der Waals surface area contributed by atoms with Crippen LogP contribution in [0, 0.1) is 0 Å². The lowest BCUT2D eigenvalue weighted by molar-refractivity contribution is 0.0396. The molecular formula is C17H16N4O2. The molecule has 0 saturated carbocycles. The first-order valence-corrected chi connectivity index (χ1v) is 7.50. The maximum Gasteiger partial charge on any atom is 0.280 e. The zero-order chi connectivity index (χ0) is 16.0. The number of aromatic nitrogens is 1. The molecule has 2 aliphatic rings. The minimum Gasteiger partial charge on any atom is -0.370 e. The summed E-state index contributed by atoms with van der Waals surface area (Å²) in [6.45, 7) is 0.694. The van der Waals surface area contributed by atoms with E-state index in [1.54, 1.807) is 12.3 Å². The third kappa shape index (κ3) is 1.95. The highest BCUT2D eigenvalue weighted by Crippen LogP contribution is 2.53. The average Bonchev–Trinajstić information content (AvgIpc) is 3.13. The van der Waals surface area contributed by atoms with E-state index in [0.717, 1.165) is 35.2 Å². The summed E-state index contributed by atoms with van der Waals surface area (Å²) in [6, 6.07) is 9.41. The summed E-state index contributed by atoms with van der Waals surface area (Å²) in [5, 5.41) is 0. The number of aliphatic imine (C=N–C) groups is 1. The van der Waals surface area contributed by atoms with E-state index in [2.05, 4.69) is 9.98 Å². The van der Waals surface area contributed by atoms with Gasteiger partial charge in [0.1, 0.15) is 5.60 Å². The van der Waals surface area contributed by atoms with Crippen LogP contribution in [0.3, 0.4) is 0 Å². The highest BCUT2D eigenvalue weighted by Gasteiger charge is 2.47. The van der Waals surface area contributed by atoms with Gasteiger partial charge in [0.15, 0.2) is 5.96 Å². The number of carbonyl (C=O) groups excluding carboxylic acids is 1. The minimum atomic E-state index is -0.507. The van der Waals surface area contributed by atoms with Crippen LogP contribution in [0.2, 0.25) is 0 Å². The standard InChI is InChI=1S/C17H16N4O2/c18-16(19)21-15(22)10-4-5-11-13(9-10)17(6-2-8-23-17)12-3-1-7-20-14(11)12/h1,3-5,7,9H,2,6,8H2,(H4,18,19,21,22). The Hall–Kier alpha value is -2.73. The molecule has 1 aliphatic heterocycles. The van der Waals surface area contributed by atoms with E-state index >= 15 is 0 Å². The van der Waals surface area contributed by atoms with Gasteiger partial charge in [0.25, 0.3) is 5.91 Å². The van der Waals surface area contributed by atoms with E-state index in [1.807, 2.05) is 24.3 Å². The summed E-state index contributed by atoms with van der Waals surface area (Å²) >= 11 is 0. The molecule has 1 amide bonds. The molecule has 1 fully saturated rings. The van der Waals surface area contributed by atoms with Crippen molar-refractivity contribution >= 4 is 11.9 Å². The van der Waals surface area contributed by atoms with Gasteiger partial charge >= 0.3 is 0 Å². The van der Waals surface area contributed by atoms with Gasteiger partial charge in [0.05, 0.1) is 5.69 Å².